The summed E-state index contributed by atoms with van der Waals surface area (Å²) >= 11 is 6.00. The van der Waals surface area contributed by atoms with E-state index in [4.69, 9.17) is 20.8 Å². The summed E-state index contributed by atoms with van der Waals surface area (Å²) in [5, 5.41) is 11.1. The molecule has 2 aliphatic heterocycles. The highest BCUT2D eigenvalue weighted by molar-refractivity contribution is 6.31. The summed E-state index contributed by atoms with van der Waals surface area (Å²) in [6.45, 7) is 0.521. The molecule has 6 heteroatoms. The van der Waals surface area contributed by atoms with Gasteiger partial charge in [-0.05, 0) is 42.8 Å². The van der Waals surface area contributed by atoms with Crippen molar-refractivity contribution in [1.29, 1.82) is 0 Å². The van der Waals surface area contributed by atoms with E-state index in [9.17, 15) is 9.90 Å². The summed E-state index contributed by atoms with van der Waals surface area (Å²) in [6, 6.07) is 10.0. The molecule has 1 atom stereocenters. The summed E-state index contributed by atoms with van der Waals surface area (Å²) in [7, 11) is 0. The summed E-state index contributed by atoms with van der Waals surface area (Å²) < 4.78 is 12.0. The highest BCUT2D eigenvalue weighted by Crippen LogP contribution is 2.43. The van der Waals surface area contributed by atoms with Gasteiger partial charge in [0.05, 0.1) is 5.56 Å². The third-order valence-electron chi connectivity index (χ3n) is 4.59. The summed E-state index contributed by atoms with van der Waals surface area (Å²) in [4.78, 5) is 14.4. The lowest BCUT2D eigenvalue weighted by molar-refractivity contribution is -0.00667. The number of carbonyl (C=O) groups excluding carboxylic acids is 1. The smallest absolute Gasteiger partial charge is 0.260 e. The van der Waals surface area contributed by atoms with Crippen LogP contribution in [0, 0.1) is 0 Å². The van der Waals surface area contributed by atoms with Crippen LogP contribution in [0.2, 0.25) is 5.02 Å². The number of ether oxygens (including phenoxy) is 1. The number of furan rings is 1. The molecule has 2 aliphatic rings. The van der Waals surface area contributed by atoms with Gasteiger partial charge < -0.3 is 14.3 Å². The molecule has 3 aromatic rings. The molecule has 120 valence electrons. The molecule has 5 nitrogen and oxygen atoms in total. The molecule has 0 aliphatic carbocycles. The largest absolute Gasteiger partial charge is 0.508 e. The van der Waals surface area contributed by atoms with E-state index in [1.165, 1.54) is 0 Å². The zero-order valence-corrected chi connectivity index (χ0v) is 13.2. The fraction of sp³-hybridized carbons (Fsp3) is 0.167. The van der Waals surface area contributed by atoms with Gasteiger partial charge in [-0.2, -0.15) is 0 Å². The number of carbonyl (C=O) groups is 1. The molecule has 1 N–H and O–H groups in total. The minimum absolute atomic E-state index is 0.113. The van der Waals surface area contributed by atoms with E-state index in [2.05, 4.69) is 0 Å². The number of hydrogen-bond acceptors (Lipinski definition) is 4. The number of nitrogens with zero attached hydrogens (tertiary/aromatic N) is 1. The number of fused-ring (bicyclic) bond motifs is 6. The Balaban J connectivity index is 1.68. The topological polar surface area (TPSA) is 62.9 Å². The third kappa shape index (κ3) is 1.79. The van der Waals surface area contributed by atoms with Gasteiger partial charge in [-0.1, -0.05) is 11.6 Å². The number of aromatic hydroxyl groups is 1. The summed E-state index contributed by atoms with van der Waals surface area (Å²) in [5.74, 6) is 1.20. The Morgan fingerprint density at radius 3 is 2.96 bits per heavy atom. The van der Waals surface area contributed by atoms with Gasteiger partial charge in [-0.25, -0.2) is 0 Å². The van der Waals surface area contributed by atoms with Gasteiger partial charge >= 0.3 is 0 Å². The summed E-state index contributed by atoms with van der Waals surface area (Å²) in [6.07, 6.45) is 0.0530. The van der Waals surface area contributed by atoms with Crippen molar-refractivity contribution in [2.75, 3.05) is 6.54 Å². The fourth-order valence-electron chi connectivity index (χ4n) is 3.48. The highest BCUT2D eigenvalue weighted by Gasteiger charge is 2.41. The van der Waals surface area contributed by atoms with Crippen molar-refractivity contribution in [2.45, 2.75) is 12.6 Å². The number of halogens is 1. The van der Waals surface area contributed by atoms with Crippen molar-refractivity contribution in [2.24, 2.45) is 0 Å². The van der Waals surface area contributed by atoms with Crippen LogP contribution in [-0.2, 0) is 6.42 Å². The molecule has 0 fully saturated rings. The molecule has 3 heterocycles. The van der Waals surface area contributed by atoms with E-state index >= 15 is 0 Å². The Morgan fingerprint density at radius 1 is 1.21 bits per heavy atom. The van der Waals surface area contributed by atoms with Gasteiger partial charge in [0, 0.05) is 22.5 Å². The van der Waals surface area contributed by atoms with Crippen LogP contribution in [0.25, 0.3) is 11.0 Å². The number of benzene rings is 2. The van der Waals surface area contributed by atoms with Gasteiger partial charge in [0.1, 0.15) is 17.1 Å². The van der Waals surface area contributed by atoms with Crippen LogP contribution in [0.5, 0.6) is 11.5 Å². The maximum Gasteiger partial charge on any atom is 0.260 e. The van der Waals surface area contributed by atoms with Crippen molar-refractivity contribution in [1.82, 2.24) is 4.90 Å². The monoisotopic (exact) mass is 341 g/mol. The SMILES string of the molecule is O=C1c2cc(Cl)ccc2OC2c3oc4ccc(O)cc4c3CCN12. The van der Waals surface area contributed by atoms with E-state index in [1.807, 2.05) is 0 Å². The molecule has 1 unspecified atom stereocenters. The van der Waals surface area contributed by atoms with Gasteiger partial charge in [0.2, 0.25) is 6.23 Å². The van der Waals surface area contributed by atoms with Crippen LogP contribution in [0.1, 0.15) is 27.9 Å². The van der Waals surface area contributed by atoms with Gasteiger partial charge in [0.15, 0.2) is 5.76 Å². The molecule has 0 saturated carbocycles. The molecule has 0 bridgehead atoms. The molecule has 0 saturated heterocycles. The Bertz CT molecular complexity index is 1010. The maximum absolute atomic E-state index is 12.8. The first-order valence-electron chi connectivity index (χ1n) is 7.63. The first kappa shape index (κ1) is 13.7. The minimum Gasteiger partial charge on any atom is -0.508 e. The van der Waals surface area contributed by atoms with Gasteiger partial charge in [-0.3, -0.25) is 9.69 Å². The Labute approximate surface area is 142 Å². The number of phenolic OH excluding ortho intramolecular Hbond substituents is 1. The van der Waals surface area contributed by atoms with Crippen LogP contribution < -0.4 is 4.74 Å². The molecular weight excluding hydrogens is 330 g/mol. The molecule has 1 aromatic heterocycles. The van der Waals surface area contributed by atoms with Crippen molar-refractivity contribution in [3.05, 3.63) is 58.3 Å². The number of hydrogen-bond donors (Lipinski definition) is 1. The Hall–Kier alpha value is -2.66. The molecule has 0 spiro atoms. The predicted molar refractivity (Wildman–Crippen MR) is 87.4 cm³/mol. The van der Waals surface area contributed by atoms with Crippen LogP contribution in [0.3, 0.4) is 0 Å². The van der Waals surface area contributed by atoms with E-state index in [0.29, 0.717) is 40.6 Å². The standard InChI is InChI=1S/C18H12ClNO4/c19-9-1-3-15-13(7-9)17(22)20-6-5-11-12-8-10(21)2-4-14(12)23-16(11)18(20)24-15/h1-4,7-8,18,21H,5-6H2. The zero-order chi connectivity index (χ0) is 16.4. The Kier molecular flexibility index (Phi) is 2.68. The van der Waals surface area contributed by atoms with E-state index < -0.39 is 6.23 Å². The molecule has 24 heavy (non-hydrogen) atoms. The van der Waals surface area contributed by atoms with Crippen molar-refractivity contribution in [3.8, 4) is 11.5 Å². The second kappa shape index (κ2) is 4.68. The van der Waals surface area contributed by atoms with Crippen LogP contribution in [0.15, 0.2) is 40.8 Å². The zero-order valence-electron chi connectivity index (χ0n) is 12.5. The third-order valence-corrected chi connectivity index (χ3v) is 4.82. The lowest BCUT2D eigenvalue weighted by Crippen LogP contribution is -2.45. The van der Waals surface area contributed by atoms with Crippen molar-refractivity contribution >= 4 is 28.5 Å². The van der Waals surface area contributed by atoms with E-state index in [-0.39, 0.29) is 11.7 Å². The van der Waals surface area contributed by atoms with Crippen LogP contribution >= 0.6 is 11.6 Å². The van der Waals surface area contributed by atoms with Crippen LogP contribution in [0.4, 0.5) is 0 Å². The second-order valence-electron chi connectivity index (χ2n) is 5.98. The number of amides is 1. The molecule has 5 rings (SSSR count). The van der Waals surface area contributed by atoms with Crippen LogP contribution in [-0.4, -0.2) is 22.5 Å². The first-order chi connectivity index (χ1) is 11.6. The molecule has 2 aromatic carbocycles. The minimum atomic E-state index is -0.593. The number of rotatable bonds is 0. The predicted octanol–water partition coefficient (Wildman–Crippen LogP) is 3.88. The Morgan fingerprint density at radius 2 is 2.08 bits per heavy atom. The van der Waals surface area contributed by atoms with Gasteiger partial charge in [0.25, 0.3) is 5.91 Å². The second-order valence-corrected chi connectivity index (χ2v) is 6.42. The van der Waals surface area contributed by atoms with E-state index in [1.54, 1.807) is 41.3 Å². The maximum atomic E-state index is 12.8. The first-order valence-corrected chi connectivity index (χ1v) is 8.01. The average Bonchev–Trinajstić information content (AvgIpc) is 2.94. The quantitative estimate of drug-likeness (QED) is 0.674. The molecule has 0 radical (unpaired) electrons. The lowest BCUT2D eigenvalue weighted by atomic mass is 9.99. The van der Waals surface area contributed by atoms with Crippen molar-refractivity contribution < 1.29 is 19.1 Å². The van der Waals surface area contributed by atoms with Crippen molar-refractivity contribution in [3.63, 3.8) is 0 Å². The lowest BCUT2D eigenvalue weighted by Gasteiger charge is -2.38. The average molecular weight is 342 g/mol. The fourth-order valence-corrected chi connectivity index (χ4v) is 3.65. The summed E-state index contributed by atoms with van der Waals surface area (Å²) in [5.41, 5.74) is 2.13. The van der Waals surface area contributed by atoms with E-state index in [0.717, 1.165) is 10.9 Å². The highest BCUT2D eigenvalue weighted by atomic mass is 35.5. The molecular formula is C18H12ClNO4. The molecule has 1 amide bonds. The number of phenols is 1. The normalized spacial score (nSPS) is 18.8. The van der Waals surface area contributed by atoms with Gasteiger partial charge in [-0.15, -0.1) is 0 Å².